The summed E-state index contributed by atoms with van der Waals surface area (Å²) in [7, 11) is 0. The summed E-state index contributed by atoms with van der Waals surface area (Å²) in [6, 6.07) is 0.434. The van der Waals surface area contributed by atoms with Crippen molar-refractivity contribution in [3.63, 3.8) is 0 Å². The SMILES string of the molecule is CC1CCC(N)C(CN2CCOCC2)C1. The van der Waals surface area contributed by atoms with Crippen LogP contribution in [0.2, 0.25) is 0 Å². The molecule has 0 spiro atoms. The maximum Gasteiger partial charge on any atom is 0.0594 e. The van der Waals surface area contributed by atoms with Crippen molar-refractivity contribution < 1.29 is 4.74 Å². The Morgan fingerprint density at radius 2 is 2.00 bits per heavy atom. The van der Waals surface area contributed by atoms with Crippen molar-refractivity contribution >= 4 is 0 Å². The Hall–Kier alpha value is -0.120. The predicted molar refractivity (Wildman–Crippen MR) is 61.7 cm³/mol. The highest BCUT2D eigenvalue weighted by Gasteiger charge is 2.27. The zero-order valence-electron chi connectivity index (χ0n) is 9.82. The second-order valence-electron chi connectivity index (χ2n) is 5.26. The lowest BCUT2D eigenvalue weighted by atomic mass is 9.79. The zero-order valence-corrected chi connectivity index (χ0v) is 9.82. The van der Waals surface area contributed by atoms with E-state index in [0.717, 1.165) is 32.2 Å². The average Bonchev–Trinajstić information content (AvgIpc) is 2.25. The molecular formula is C12H24N2O. The van der Waals surface area contributed by atoms with E-state index in [-0.39, 0.29) is 0 Å². The van der Waals surface area contributed by atoms with Gasteiger partial charge in [0, 0.05) is 25.7 Å². The smallest absolute Gasteiger partial charge is 0.0594 e. The number of morpholine rings is 1. The first-order valence-electron chi connectivity index (χ1n) is 6.31. The molecule has 2 fully saturated rings. The third-order valence-corrected chi connectivity index (χ3v) is 3.90. The van der Waals surface area contributed by atoms with E-state index in [1.54, 1.807) is 0 Å². The van der Waals surface area contributed by atoms with Crippen molar-refractivity contribution in [3.05, 3.63) is 0 Å². The molecule has 0 amide bonds. The van der Waals surface area contributed by atoms with Crippen molar-refractivity contribution in [2.24, 2.45) is 17.6 Å². The Kier molecular flexibility index (Phi) is 4.00. The van der Waals surface area contributed by atoms with Gasteiger partial charge in [0.2, 0.25) is 0 Å². The van der Waals surface area contributed by atoms with Crippen LogP contribution in [0.1, 0.15) is 26.2 Å². The normalized spacial score (nSPS) is 39.2. The number of ether oxygens (including phenoxy) is 1. The average molecular weight is 212 g/mol. The van der Waals surface area contributed by atoms with Crippen molar-refractivity contribution in [1.82, 2.24) is 4.90 Å². The lowest BCUT2D eigenvalue weighted by Gasteiger charge is -2.37. The first-order chi connectivity index (χ1) is 7.25. The van der Waals surface area contributed by atoms with Gasteiger partial charge in [0.15, 0.2) is 0 Å². The standard InChI is InChI=1S/C12H24N2O/c1-10-2-3-12(13)11(8-10)9-14-4-6-15-7-5-14/h10-12H,2-9,13H2,1H3. The maximum atomic E-state index is 6.20. The molecule has 88 valence electrons. The Bertz CT molecular complexity index is 192. The Balaban J connectivity index is 1.80. The number of hydrogen-bond donors (Lipinski definition) is 1. The molecule has 1 aliphatic heterocycles. The van der Waals surface area contributed by atoms with E-state index >= 15 is 0 Å². The molecule has 0 radical (unpaired) electrons. The van der Waals surface area contributed by atoms with E-state index in [2.05, 4.69) is 11.8 Å². The highest BCUT2D eigenvalue weighted by atomic mass is 16.5. The molecule has 3 heteroatoms. The molecule has 2 N–H and O–H groups in total. The highest BCUT2D eigenvalue weighted by molar-refractivity contribution is 4.83. The Morgan fingerprint density at radius 3 is 2.73 bits per heavy atom. The maximum absolute atomic E-state index is 6.20. The summed E-state index contributed by atoms with van der Waals surface area (Å²) in [5, 5.41) is 0. The molecule has 2 aliphatic rings. The quantitative estimate of drug-likeness (QED) is 0.744. The molecule has 0 aromatic rings. The van der Waals surface area contributed by atoms with Crippen LogP contribution in [0.3, 0.4) is 0 Å². The molecule has 1 saturated carbocycles. The second kappa shape index (κ2) is 5.28. The fourth-order valence-electron chi connectivity index (χ4n) is 2.85. The molecule has 0 aromatic carbocycles. The van der Waals surface area contributed by atoms with Gasteiger partial charge in [0.1, 0.15) is 0 Å². The molecule has 0 bridgehead atoms. The molecular weight excluding hydrogens is 188 g/mol. The van der Waals surface area contributed by atoms with Crippen LogP contribution in [0.15, 0.2) is 0 Å². The summed E-state index contributed by atoms with van der Waals surface area (Å²) < 4.78 is 5.36. The molecule has 1 heterocycles. The summed E-state index contributed by atoms with van der Waals surface area (Å²) in [6.07, 6.45) is 3.86. The van der Waals surface area contributed by atoms with Gasteiger partial charge in [-0.15, -0.1) is 0 Å². The van der Waals surface area contributed by atoms with Crippen molar-refractivity contribution in [3.8, 4) is 0 Å². The minimum Gasteiger partial charge on any atom is -0.379 e. The summed E-state index contributed by atoms with van der Waals surface area (Å²) in [5.74, 6) is 1.59. The third-order valence-electron chi connectivity index (χ3n) is 3.90. The largest absolute Gasteiger partial charge is 0.379 e. The first-order valence-corrected chi connectivity index (χ1v) is 6.31. The van der Waals surface area contributed by atoms with Crippen molar-refractivity contribution in [2.45, 2.75) is 32.2 Å². The highest BCUT2D eigenvalue weighted by Crippen LogP contribution is 2.28. The van der Waals surface area contributed by atoms with Gasteiger partial charge in [0.25, 0.3) is 0 Å². The third kappa shape index (κ3) is 3.16. The topological polar surface area (TPSA) is 38.5 Å². The number of nitrogens with zero attached hydrogens (tertiary/aromatic N) is 1. The zero-order chi connectivity index (χ0) is 10.7. The molecule has 2 rings (SSSR count). The van der Waals surface area contributed by atoms with Gasteiger partial charge in [0.05, 0.1) is 13.2 Å². The van der Waals surface area contributed by atoms with Gasteiger partial charge in [-0.2, -0.15) is 0 Å². The first kappa shape index (κ1) is 11.4. The number of rotatable bonds is 2. The van der Waals surface area contributed by atoms with Crippen molar-refractivity contribution in [2.75, 3.05) is 32.8 Å². The van der Waals surface area contributed by atoms with E-state index in [0.29, 0.717) is 12.0 Å². The van der Waals surface area contributed by atoms with Crippen LogP contribution in [0.25, 0.3) is 0 Å². The van der Waals surface area contributed by atoms with E-state index in [4.69, 9.17) is 10.5 Å². The van der Waals surface area contributed by atoms with Crippen LogP contribution in [-0.4, -0.2) is 43.8 Å². The van der Waals surface area contributed by atoms with Crippen LogP contribution in [0.5, 0.6) is 0 Å². The number of nitrogens with two attached hydrogens (primary N) is 1. The molecule has 15 heavy (non-hydrogen) atoms. The Labute approximate surface area is 93.0 Å². The number of hydrogen-bond acceptors (Lipinski definition) is 3. The molecule has 3 nitrogen and oxygen atoms in total. The molecule has 1 aliphatic carbocycles. The van der Waals surface area contributed by atoms with Crippen LogP contribution in [0.4, 0.5) is 0 Å². The van der Waals surface area contributed by atoms with Gasteiger partial charge < -0.3 is 10.5 Å². The van der Waals surface area contributed by atoms with E-state index < -0.39 is 0 Å². The summed E-state index contributed by atoms with van der Waals surface area (Å²) in [5.41, 5.74) is 6.20. The van der Waals surface area contributed by atoms with E-state index in [9.17, 15) is 0 Å². The van der Waals surface area contributed by atoms with Gasteiger partial charge in [-0.25, -0.2) is 0 Å². The fraction of sp³-hybridized carbons (Fsp3) is 1.00. The lowest BCUT2D eigenvalue weighted by Crippen LogP contribution is -2.46. The van der Waals surface area contributed by atoms with Gasteiger partial charge in [-0.1, -0.05) is 6.92 Å². The minimum atomic E-state index is 0.434. The van der Waals surface area contributed by atoms with Gasteiger partial charge in [-0.3, -0.25) is 4.90 Å². The van der Waals surface area contributed by atoms with Crippen LogP contribution in [0, 0.1) is 11.8 Å². The summed E-state index contributed by atoms with van der Waals surface area (Å²) in [6.45, 7) is 7.54. The Morgan fingerprint density at radius 1 is 1.27 bits per heavy atom. The molecule has 1 saturated heterocycles. The molecule has 0 aromatic heterocycles. The summed E-state index contributed by atoms with van der Waals surface area (Å²) >= 11 is 0. The van der Waals surface area contributed by atoms with Crippen LogP contribution < -0.4 is 5.73 Å². The van der Waals surface area contributed by atoms with Gasteiger partial charge in [-0.05, 0) is 31.1 Å². The van der Waals surface area contributed by atoms with Crippen molar-refractivity contribution in [1.29, 1.82) is 0 Å². The minimum absolute atomic E-state index is 0.434. The second-order valence-corrected chi connectivity index (χ2v) is 5.26. The van der Waals surface area contributed by atoms with E-state index in [1.807, 2.05) is 0 Å². The predicted octanol–water partition coefficient (Wildman–Crippen LogP) is 1.08. The summed E-state index contributed by atoms with van der Waals surface area (Å²) in [4.78, 5) is 2.52. The van der Waals surface area contributed by atoms with E-state index in [1.165, 1.54) is 25.8 Å². The van der Waals surface area contributed by atoms with Gasteiger partial charge >= 0.3 is 0 Å². The monoisotopic (exact) mass is 212 g/mol. The lowest BCUT2D eigenvalue weighted by molar-refractivity contribution is 0.0238. The molecule has 3 atom stereocenters. The van der Waals surface area contributed by atoms with Crippen LogP contribution >= 0.6 is 0 Å². The molecule has 3 unspecified atom stereocenters. The fourth-order valence-corrected chi connectivity index (χ4v) is 2.85. The van der Waals surface area contributed by atoms with Crippen LogP contribution in [-0.2, 0) is 4.74 Å².